The van der Waals surface area contributed by atoms with E-state index in [2.05, 4.69) is 6.07 Å². The third-order valence-electron chi connectivity index (χ3n) is 4.20. The van der Waals surface area contributed by atoms with E-state index in [0.29, 0.717) is 13.1 Å². The minimum Gasteiger partial charge on any atom is -0.368 e. The van der Waals surface area contributed by atoms with Crippen LogP contribution in [0.3, 0.4) is 0 Å². The summed E-state index contributed by atoms with van der Waals surface area (Å²) in [5, 5.41) is 5.18. The van der Waals surface area contributed by atoms with Crippen LogP contribution in [0, 0.1) is 6.07 Å². The van der Waals surface area contributed by atoms with Crippen LogP contribution in [-0.4, -0.2) is 25.8 Å². The quantitative estimate of drug-likeness (QED) is 0.852. The van der Waals surface area contributed by atoms with E-state index in [1.54, 1.807) is 18.2 Å². The molecule has 1 heterocycles. The number of hydrogen-bond donors (Lipinski definition) is 2. The second-order valence-electron chi connectivity index (χ2n) is 5.84. The number of sulfonamides is 1. The second-order valence-corrected chi connectivity index (χ2v) is 7.40. The highest BCUT2D eigenvalue weighted by Crippen LogP contribution is 2.30. The van der Waals surface area contributed by atoms with Crippen LogP contribution in [0.25, 0.3) is 0 Å². The molecule has 7 heteroatoms. The number of carbonyl (C=O) groups excluding carboxylic acids is 1. The van der Waals surface area contributed by atoms with Gasteiger partial charge in [-0.2, -0.15) is 0 Å². The van der Waals surface area contributed by atoms with Gasteiger partial charge in [-0.05, 0) is 41.3 Å². The molecule has 2 aromatic rings. The fraction of sp³-hybridized carbons (Fsp3) is 0.235. The van der Waals surface area contributed by atoms with Gasteiger partial charge in [0.05, 0.1) is 4.90 Å². The lowest BCUT2D eigenvalue weighted by molar-refractivity contribution is -0.124. The molecule has 0 aliphatic carbocycles. The topological polar surface area (TPSA) is 106 Å². The average Bonchev–Trinajstić information content (AvgIpc) is 2.53. The molecule has 0 aromatic heterocycles. The maximum Gasteiger partial charge on any atom is 0.239 e. The zero-order valence-corrected chi connectivity index (χ0v) is 13.8. The molecule has 2 aromatic carbocycles. The third kappa shape index (κ3) is 3.33. The van der Waals surface area contributed by atoms with Gasteiger partial charge in [0.25, 0.3) is 0 Å². The van der Waals surface area contributed by atoms with Crippen molar-refractivity contribution in [3.8, 4) is 0 Å². The van der Waals surface area contributed by atoms with Gasteiger partial charge in [0.2, 0.25) is 15.9 Å². The largest absolute Gasteiger partial charge is 0.368 e. The maximum atomic E-state index is 12.0. The van der Waals surface area contributed by atoms with Crippen LogP contribution in [-0.2, 0) is 27.8 Å². The number of hydrogen-bond acceptors (Lipinski definition) is 4. The number of carbonyl (C=O) groups is 1. The van der Waals surface area contributed by atoms with Gasteiger partial charge >= 0.3 is 0 Å². The van der Waals surface area contributed by atoms with Crippen molar-refractivity contribution in [2.75, 3.05) is 6.54 Å². The number of amides is 1. The highest BCUT2D eigenvalue weighted by atomic mass is 32.2. The van der Waals surface area contributed by atoms with E-state index >= 15 is 0 Å². The predicted octanol–water partition coefficient (Wildman–Crippen LogP) is 0.719. The van der Waals surface area contributed by atoms with Crippen molar-refractivity contribution in [2.45, 2.75) is 23.9 Å². The van der Waals surface area contributed by atoms with Crippen LogP contribution in [0.2, 0.25) is 0 Å². The van der Waals surface area contributed by atoms with E-state index < -0.39 is 22.0 Å². The summed E-state index contributed by atoms with van der Waals surface area (Å²) in [6.45, 7) is 1.06. The Kier molecular flexibility index (Phi) is 4.40. The van der Waals surface area contributed by atoms with Crippen molar-refractivity contribution in [3.05, 3.63) is 65.2 Å². The summed E-state index contributed by atoms with van der Waals surface area (Å²) in [6.07, 6.45) is 0.783. The molecule has 1 atom stereocenters. The molecule has 0 bridgehead atoms. The van der Waals surface area contributed by atoms with Crippen LogP contribution < -0.4 is 10.9 Å². The molecule has 1 aliphatic heterocycles. The minimum atomic E-state index is -3.76. The Bertz CT molecular complexity index is 880. The van der Waals surface area contributed by atoms with Crippen LogP contribution in [0.15, 0.2) is 47.4 Å². The summed E-state index contributed by atoms with van der Waals surface area (Å²) in [5.41, 5.74) is 8.33. The zero-order chi connectivity index (χ0) is 17.3. The van der Waals surface area contributed by atoms with Crippen molar-refractivity contribution < 1.29 is 13.2 Å². The van der Waals surface area contributed by atoms with Gasteiger partial charge in [0, 0.05) is 13.1 Å². The molecule has 0 saturated heterocycles. The molecule has 4 N–H and O–H groups in total. The standard InChI is InChI=1S/C17H18N3O3S/c18-17(21)16-15-7-2-1-5-13(15)8-9-20(16)11-12-4-3-6-14(10-12)24(19,22)23/h2-7,10,16H,8-9,11H2,(H2,18,21)(H2,19,22,23). The summed E-state index contributed by atoms with van der Waals surface area (Å²) in [7, 11) is -3.76. The lowest BCUT2D eigenvalue weighted by atomic mass is 9.92. The van der Waals surface area contributed by atoms with Gasteiger partial charge in [0.15, 0.2) is 0 Å². The normalized spacial score (nSPS) is 18.1. The van der Waals surface area contributed by atoms with Gasteiger partial charge in [-0.15, -0.1) is 0 Å². The van der Waals surface area contributed by atoms with E-state index in [-0.39, 0.29) is 4.90 Å². The summed E-state index contributed by atoms with van der Waals surface area (Å²) in [4.78, 5) is 14.0. The fourth-order valence-electron chi connectivity index (χ4n) is 3.11. The summed E-state index contributed by atoms with van der Waals surface area (Å²) < 4.78 is 23.0. The molecule has 1 aliphatic rings. The molecular weight excluding hydrogens is 326 g/mol. The number of benzene rings is 2. The number of fused-ring (bicyclic) bond motifs is 1. The van der Waals surface area contributed by atoms with Gasteiger partial charge in [0.1, 0.15) is 6.04 Å². The number of rotatable bonds is 4. The minimum absolute atomic E-state index is 0.0580. The first kappa shape index (κ1) is 16.6. The smallest absolute Gasteiger partial charge is 0.239 e. The Morgan fingerprint density at radius 2 is 2.12 bits per heavy atom. The van der Waals surface area contributed by atoms with Gasteiger partial charge in [-0.1, -0.05) is 30.3 Å². The Hall–Kier alpha value is -2.22. The number of nitrogens with two attached hydrogens (primary N) is 2. The fourth-order valence-corrected chi connectivity index (χ4v) is 3.69. The average molecular weight is 344 g/mol. The van der Waals surface area contributed by atoms with Crippen molar-refractivity contribution >= 4 is 15.9 Å². The van der Waals surface area contributed by atoms with E-state index in [0.717, 1.165) is 23.1 Å². The van der Waals surface area contributed by atoms with E-state index in [1.165, 1.54) is 12.1 Å². The zero-order valence-electron chi connectivity index (χ0n) is 13.0. The van der Waals surface area contributed by atoms with Gasteiger partial charge < -0.3 is 5.73 Å². The first-order valence-corrected chi connectivity index (χ1v) is 9.05. The van der Waals surface area contributed by atoms with Crippen molar-refractivity contribution in [3.63, 3.8) is 0 Å². The van der Waals surface area contributed by atoms with E-state index in [9.17, 15) is 13.2 Å². The molecule has 0 saturated carbocycles. The van der Waals surface area contributed by atoms with Crippen molar-refractivity contribution in [1.29, 1.82) is 0 Å². The van der Waals surface area contributed by atoms with Crippen LogP contribution in [0.1, 0.15) is 22.7 Å². The molecule has 6 nitrogen and oxygen atoms in total. The Morgan fingerprint density at radius 3 is 2.83 bits per heavy atom. The van der Waals surface area contributed by atoms with Crippen molar-refractivity contribution in [1.82, 2.24) is 4.90 Å². The lowest BCUT2D eigenvalue weighted by Crippen LogP contribution is -2.42. The first-order chi connectivity index (χ1) is 11.4. The van der Waals surface area contributed by atoms with Crippen LogP contribution in [0.5, 0.6) is 0 Å². The molecular formula is C17H18N3O3S. The summed E-state index contributed by atoms with van der Waals surface area (Å²) in [5.74, 6) is -0.426. The Labute approximate surface area is 141 Å². The van der Waals surface area contributed by atoms with E-state index in [1.807, 2.05) is 17.0 Å². The lowest BCUT2D eigenvalue weighted by Gasteiger charge is -2.35. The summed E-state index contributed by atoms with van der Waals surface area (Å²) in [6, 6.07) is 14.4. The van der Waals surface area contributed by atoms with Crippen molar-refractivity contribution in [2.24, 2.45) is 10.9 Å². The van der Waals surface area contributed by atoms with Gasteiger partial charge in [-0.25, -0.2) is 13.6 Å². The van der Waals surface area contributed by atoms with E-state index in [4.69, 9.17) is 10.9 Å². The second kappa shape index (κ2) is 6.35. The molecule has 1 amide bonds. The Morgan fingerprint density at radius 1 is 1.33 bits per heavy atom. The number of primary amides is 1. The molecule has 125 valence electrons. The predicted molar refractivity (Wildman–Crippen MR) is 89.1 cm³/mol. The monoisotopic (exact) mass is 344 g/mol. The Balaban J connectivity index is 1.92. The molecule has 1 radical (unpaired) electrons. The van der Waals surface area contributed by atoms with Gasteiger partial charge in [-0.3, -0.25) is 9.69 Å². The molecule has 3 rings (SSSR count). The first-order valence-electron chi connectivity index (χ1n) is 7.50. The molecule has 1 unspecified atom stereocenters. The third-order valence-corrected chi connectivity index (χ3v) is 5.11. The highest BCUT2D eigenvalue weighted by Gasteiger charge is 2.31. The number of nitrogens with zero attached hydrogens (tertiary/aromatic N) is 1. The summed E-state index contributed by atoms with van der Waals surface area (Å²) >= 11 is 0. The molecule has 0 fully saturated rings. The maximum absolute atomic E-state index is 12.0. The number of primary sulfonamides is 1. The van der Waals surface area contributed by atoms with Crippen LogP contribution >= 0.6 is 0 Å². The highest BCUT2D eigenvalue weighted by molar-refractivity contribution is 7.89. The SMILES string of the molecule is NC(=O)C1c2cc[c]cc2CCN1Cc1cccc(S(N)(=O)=O)c1. The van der Waals surface area contributed by atoms with Crippen LogP contribution in [0.4, 0.5) is 0 Å². The molecule has 24 heavy (non-hydrogen) atoms. The molecule has 0 spiro atoms.